The number of phenols is 1. The van der Waals surface area contributed by atoms with E-state index in [0.717, 1.165) is 99.0 Å². The highest BCUT2D eigenvalue weighted by Gasteiger charge is 2.53. The van der Waals surface area contributed by atoms with Crippen LogP contribution in [0.2, 0.25) is 0 Å². The Hall–Kier alpha value is -8.57. The molecule has 0 amide bonds. The molecule has 0 fully saturated rings. The number of fused-ring (bicyclic) bond motifs is 2. The number of benzene rings is 7. The van der Waals surface area contributed by atoms with Crippen molar-refractivity contribution in [1.82, 2.24) is 14.4 Å². The van der Waals surface area contributed by atoms with Gasteiger partial charge in [-0.25, -0.2) is 4.98 Å². The van der Waals surface area contributed by atoms with Gasteiger partial charge in [0.25, 0.3) is 5.84 Å². The van der Waals surface area contributed by atoms with Crippen LogP contribution in [0.5, 0.6) is 5.75 Å². The van der Waals surface area contributed by atoms with Gasteiger partial charge in [-0.1, -0.05) is 163 Å². The van der Waals surface area contributed by atoms with Gasteiger partial charge >= 0.3 is 6.97 Å². The minimum atomic E-state index is -4.55. The average Bonchev–Trinajstić information content (AvgIpc) is 4.26. The Kier molecular flexibility index (Phi) is 14.0. The van der Waals surface area contributed by atoms with E-state index in [1.807, 2.05) is 140 Å². The third kappa shape index (κ3) is 9.56. The Morgan fingerprint density at radius 3 is 1.56 bits per heavy atom. The molecule has 0 spiro atoms. The number of aromatic hydroxyl groups is 1. The van der Waals surface area contributed by atoms with Gasteiger partial charge in [-0.15, -0.1) is 0 Å². The van der Waals surface area contributed by atoms with Crippen LogP contribution in [0.15, 0.2) is 187 Å². The van der Waals surface area contributed by atoms with Crippen LogP contribution in [0.3, 0.4) is 0 Å². The number of aliphatic imine (C=N–C) groups is 1. The molecule has 9 aromatic rings. The van der Waals surface area contributed by atoms with Crippen molar-refractivity contribution in [2.45, 2.75) is 80.1 Å². The maximum atomic E-state index is 18.6. The van der Waals surface area contributed by atoms with Gasteiger partial charge in [0, 0.05) is 82.2 Å². The lowest BCUT2D eigenvalue weighted by Gasteiger charge is -2.32. The fourth-order valence-corrected chi connectivity index (χ4v) is 11.7. The molecule has 2 aliphatic heterocycles. The normalized spacial score (nSPS) is 13.9. The Balaban J connectivity index is 1.05. The number of halogens is 2. The van der Waals surface area contributed by atoms with Gasteiger partial charge in [0.1, 0.15) is 11.6 Å². The summed E-state index contributed by atoms with van der Waals surface area (Å²) in [5.74, 6) is 1.40. The number of aromatic amines is 1. The lowest BCUT2D eigenvalue weighted by Crippen LogP contribution is -2.53. The van der Waals surface area contributed by atoms with E-state index in [0.29, 0.717) is 45.2 Å². The first-order chi connectivity index (χ1) is 38.4. The molecule has 2 N–H and O–H groups in total. The fourth-order valence-electron chi connectivity index (χ4n) is 11.7. The summed E-state index contributed by atoms with van der Waals surface area (Å²) in [6.07, 6.45) is 1.89. The van der Waals surface area contributed by atoms with Gasteiger partial charge in [0.2, 0.25) is 5.82 Å². The highest BCUT2D eigenvalue weighted by molar-refractivity contribution is 6.63. The Morgan fingerprint density at radius 1 is 0.537 bits per heavy atom. The van der Waals surface area contributed by atoms with Gasteiger partial charge < -0.3 is 37.5 Å². The minimum Gasteiger partial charge on any atom is -0.507 e. The van der Waals surface area contributed by atoms with Crippen LogP contribution in [-0.2, 0) is 10.8 Å². The van der Waals surface area contributed by atoms with E-state index in [4.69, 9.17) is 9.98 Å². The van der Waals surface area contributed by atoms with Crippen molar-refractivity contribution in [3.05, 3.63) is 204 Å². The summed E-state index contributed by atoms with van der Waals surface area (Å²) in [6.45, 7) is 20.0. The minimum absolute atomic E-state index is 0.193. The second-order valence-corrected chi connectivity index (χ2v) is 23.0. The molecule has 0 atom stereocenters. The molecule has 0 saturated carbocycles. The predicted molar refractivity (Wildman–Crippen MR) is 331 cm³/mol. The summed E-state index contributed by atoms with van der Waals surface area (Å²) in [6, 6.07) is 58.3. The molecule has 404 valence electrons. The third-order valence-corrected chi connectivity index (χ3v) is 16.0. The molecule has 7 aromatic carbocycles. The smallest absolute Gasteiger partial charge is 0.507 e. The predicted octanol–water partition coefficient (Wildman–Crippen LogP) is 17.1. The van der Waals surface area contributed by atoms with E-state index in [-0.39, 0.29) is 22.5 Å². The standard InChI is InChI=1S/C69H70BF2N7O/c1-11-76(12-2)52-37-33-47(34-38-52)60-43-56(45-23-17-15-18-24-45)66-75-67-57(44-61(79(67)70(71,72)78(60)66)48-35-39-53(40-36-48)77(13-3)14-4)46-29-31-50(32-30-46)65-73-62(49-25-19-16-20-26-49)63(74-65)55-28-22-21-27-54(55)51-41-58(68(5,6)7)64(80)59(42-51)69(8,9)10/h15-44,80H,11-14H2,1-10H3,(H,73,74). The van der Waals surface area contributed by atoms with Gasteiger partial charge in [0.15, 0.2) is 0 Å². The third-order valence-electron chi connectivity index (χ3n) is 16.0. The van der Waals surface area contributed by atoms with Crippen molar-refractivity contribution in [2.24, 2.45) is 4.99 Å². The van der Waals surface area contributed by atoms with Crippen molar-refractivity contribution >= 4 is 41.3 Å². The Labute approximate surface area is 470 Å². The van der Waals surface area contributed by atoms with Crippen LogP contribution >= 0.6 is 0 Å². The maximum absolute atomic E-state index is 18.6. The van der Waals surface area contributed by atoms with Crippen molar-refractivity contribution in [1.29, 1.82) is 0 Å². The fraction of sp³-hybridized carbons (Fsp3) is 0.232. The number of aromatic nitrogens is 3. The summed E-state index contributed by atoms with van der Waals surface area (Å²) in [5, 5.41) is 11.7. The average molecular weight is 1060 g/mol. The van der Waals surface area contributed by atoms with E-state index in [2.05, 4.69) is 126 Å². The summed E-state index contributed by atoms with van der Waals surface area (Å²) < 4.78 is 39.5. The molecule has 4 heterocycles. The van der Waals surface area contributed by atoms with Gasteiger partial charge in [0.05, 0.1) is 22.7 Å². The SMILES string of the molecule is CCN(CC)c1ccc(C2=[N+]3C(=Nc4c(-c5ccccc5)cc(-c5ccc(N(CC)CC)cc5)n4[B-]3(F)F)C(c3ccc(-c4nc(-c5ccccc5)c(-c5ccccc5-c5cc(C(C)(C)C)c(O)c(C(C)(C)C)c5)[nH]4)cc3)=C2)cc1. The van der Waals surface area contributed by atoms with Gasteiger partial charge in [-0.05, 0) is 132 Å². The first-order valence-electron chi connectivity index (χ1n) is 28.2. The van der Waals surface area contributed by atoms with Crippen LogP contribution in [-0.4, -0.2) is 68.7 Å². The first kappa shape index (κ1) is 53.4. The number of rotatable bonds is 14. The van der Waals surface area contributed by atoms with Crippen LogP contribution in [0.1, 0.15) is 91.5 Å². The number of nitrogens with one attached hydrogen (secondary N) is 1. The molecule has 2 aromatic heterocycles. The lowest BCUT2D eigenvalue weighted by atomic mass is 9.77. The Morgan fingerprint density at radius 2 is 1.02 bits per heavy atom. The molecule has 8 nitrogen and oxygen atoms in total. The van der Waals surface area contributed by atoms with Crippen molar-refractivity contribution in [3.8, 4) is 73.2 Å². The molecule has 11 heteroatoms. The van der Waals surface area contributed by atoms with Crippen LogP contribution < -0.4 is 9.80 Å². The summed E-state index contributed by atoms with van der Waals surface area (Å²) in [5.41, 5.74) is 14.5. The molecule has 0 aliphatic carbocycles. The second-order valence-electron chi connectivity index (χ2n) is 23.0. The molecule has 0 radical (unpaired) electrons. The summed E-state index contributed by atoms with van der Waals surface area (Å²) in [4.78, 5) is 19.0. The molecular weight excluding hydrogens is 992 g/mol. The number of hydrogen-bond acceptors (Lipinski definition) is 5. The largest absolute Gasteiger partial charge is 0.642 e. The number of H-pyrrole nitrogens is 1. The van der Waals surface area contributed by atoms with Gasteiger partial charge in [-0.2, -0.15) is 0 Å². The number of anilines is 2. The quantitative estimate of drug-likeness (QED) is 0.106. The molecule has 0 saturated heterocycles. The van der Waals surface area contributed by atoms with Gasteiger partial charge in [-0.3, -0.25) is 0 Å². The number of hydrogen-bond donors (Lipinski definition) is 2. The second kappa shape index (κ2) is 20.9. The van der Waals surface area contributed by atoms with E-state index in [9.17, 15) is 5.11 Å². The molecule has 11 rings (SSSR count). The zero-order valence-electron chi connectivity index (χ0n) is 47.6. The molecule has 0 bridgehead atoms. The summed E-state index contributed by atoms with van der Waals surface area (Å²) in [7, 11) is 0. The van der Waals surface area contributed by atoms with E-state index < -0.39 is 6.97 Å². The summed E-state index contributed by atoms with van der Waals surface area (Å²) >= 11 is 0. The highest BCUT2D eigenvalue weighted by atomic mass is 19.2. The van der Waals surface area contributed by atoms with Crippen molar-refractivity contribution in [3.63, 3.8) is 0 Å². The van der Waals surface area contributed by atoms with E-state index >= 15 is 8.63 Å². The van der Waals surface area contributed by atoms with Crippen LogP contribution in [0.4, 0.5) is 25.8 Å². The highest BCUT2D eigenvalue weighted by Crippen LogP contribution is 2.48. The zero-order chi connectivity index (χ0) is 56.3. The van der Waals surface area contributed by atoms with Crippen LogP contribution in [0, 0.1) is 0 Å². The molecule has 2 aliphatic rings. The molecule has 80 heavy (non-hydrogen) atoms. The Bertz CT molecular complexity index is 3820. The number of nitrogens with zero attached hydrogens (tertiary/aromatic N) is 6. The first-order valence-corrected chi connectivity index (χ1v) is 28.2. The molecule has 0 unspecified atom stereocenters. The van der Waals surface area contributed by atoms with E-state index in [1.54, 1.807) is 0 Å². The number of imidazole rings is 1. The monoisotopic (exact) mass is 1060 g/mol. The number of allylic oxidation sites excluding steroid dienone is 1. The molecular formula is C69H70BF2N7O. The number of amidine groups is 1. The number of phenolic OH excluding ortho intramolecular Hbond substituents is 1. The topological polar surface area (TPSA) is 75.7 Å². The van der Waals surface area contributed by atoms with E-state index in [1.165, 1.54) is 8.96 Å². The maximum Gasteiger partial charge on any atom is 0.642 e. The van der Waals surface area contributed by atoms with Crippen molar-refractivity contribution in [2.75, 3.05) is 36.0 Å². The van der Waals surface area contributed by atoms with Crippen LogP contribution in [0.25, 0.3) is 73.0 Å². The lowest BCUT2D eigenvalue weighted by molar-refractivity contribution is -0.291. The zero-order valence-corrected chi connectivity index (χ0v) is 47.6. The van der Waals surface area contributed by atoms with Crippen molar-refractivity contribution < 1.29 is 18.2 Å².